The Morgan fingerprint density at radius 1 is 1.04 bits per heavy atom. The summed E-state index contributed by atoms with van der Waals surface area (Å²) in [6.45, 7) is 4.29. The summed E-state index contributed by atoms with van der Waals surface area (Å²) in [6.07, 6.45) is 2.18. The van der Waals surface area contributed by atoms with Crippen LogP contribution in [0.15, 0.2) is 54.1 Å². The zero-order valence-electron chi connectivity index (χ0n) is 15.5. The largest absolute Gasteiger partial charge is 0.497 e. The minimum Gasteiger partial charge on any atom is -0.497 e. The minimum atomic E-state index is -0.0328. The van der Waals surface area contributed by atoms with Crippen LogP contribution in [0.5, 0.6) is 5.75 Å². The molecule has 0 fully saturated rings. The third-order valence-electron chi connectivity index (χ3n) is 4.84. The molecule has 3 nitrogen and oxygen atoms in total. The van der Waals surface area contributed by atoms with E-state index in [2.05, 4.69) is 19.9 Å². The molecule has 0 spiro atoms. The van der Waals surface area contributed by atoms with Crippen molar-refractivity contribution in [2.45, 2.75) is 33.1 Å². The first-order chi connectivity index (χ1) is 12.4. The molecule has 0 bridgehead atoms. The van der Waals surface area contributed by atoms with E-state index in [-0.39, 0.29) is 11.2 Å². The molecule has 0 atom stereocenters. The predicted molar refractivity (Wildman–Crippen MR) is 103 cm³/mol. The molecule has 3 heteroatoms. The molecule has 2 aromatic rings. The standard InChI is InChI=1S/C23H23NO2/c1-23(2)13-19(12-16-6-10-20(26-3)11-7-16)22(21(25)14-23)18-8-4-17(15-24)5-9-18/h4-11H,12-14H2,1-3H3. The number of benzene rings is 2. The minimum absolute atomic E-state index is 0.0328. The first-order valence-electron chi connectivity index (χ1n) is 8.80. The van der Waals surface area contributed by atoms with E-state index in [0.29, 0.717) is 12.0 Å². The number of methoxy groups -OCH3 is 1. The normalized spacial score (nSPS) is 16.3. The van der Waals surface area contributed by atoms with Crippen molar-refractivity contribution in [3.05, 3.63) is 70.8 Å². The molecule has 0 saturated carbocycles. The molecule has 2 aromatic carbocycles. The number of carbonyl (C=O) groups excluding carboxylic acids is 1. The molecule has 0 radical (unpaired) electrons. The number of rotatable bonds is 4. The Balaban J connectivity index is 2.02. The van der Waals surface area contributed by atoms with Gasteiger partial charge in [-0.15, -0.1) is 0 Å². The maximum Gasteiger partial charge on any atom is 0.163 e. The number of allylic oxidation sites excluding steroid dienone is 2. The summed E-state index contributed by atoms with van der Waals surface area (Å²) >= 11 is 0. The summed E-state index contributed by atoms with van der Waals surface area (Å²) in [5, 5.41) is 9.01. The van der Waals surface area contributed by atoms with Crippen molar-refractivity contribution >= 4 is 11.4 Å². The summed E-state index contributed by atoms with van der Waals surface area (Å²) in [6, 6.07) is 17.5. The van der Waals surface area contributed by atoms with Crippen LogP contribution in [0.3, 0.4) is 0 Å². The molecule has 0 amide bonds. The van der Waals surface area contributed by atoms with Crippen LogP contribution in [0.4, 0.5) is 0 Å². The van der Waals surface area contributed by atoms with Gasteiger partial charge >= 0.3 is 0 Å². The highest BCUT2D eigenvalue weighted by Gasteiger charge is 2.33. The highest BCUT2D eigenvalue weighted by Crippen LogP contribution is 2.41. The van der Waals surface area contributed by atoms with Gasteiger partial charge in [-0.1, -0.05) is 43.7 Å². The van der Waals surface area contributed by atoms with Gasteiger partial charge in [0.25, 0.3) is 0 Å². The van der Waals surface area contributed by atoms with Gasteiger partial charge in [-0.3, -0.25) is 4.79 Å². The van der Waals surface area contributed by atoms with Gasteiger partial charge in [-0.2, -0.15) is 5.26 Å². The van der Waals surface area contributed by atoms with Crippen molar-refractivity contribution in [3.63, 3.8) is 0 Å². The highest BCUT2D eigenvalue weighted by molar-refractivity contribution is 6.22. The van der Waals surface area contributed by atoms with Gasteiger partial charge < -0.3 is 4.74 Å². The molecule has 1 aliphatic rings. The van der Waals surface area contributed by atoms with Crippen LogP contribution < -0.4 is 4.74 Å². The van der Waals surface area contributed by atoms with Crippen molar-refractivity contribution in [3.8, 4) is 11.8 Å². The van der Waals surface area contributed by atoms with E-state index in [4.69, 9.17) is 10.00 Å². The van der Waals surface area contributed by atoms with Gasteiger partial charge in [-0.25, -0.2) is 0 Å². The summed E-state index contributed by atoms with van der Waals surface area (Å²) in [4.78, 5) is 12.9. The Morgan fingerprint density at radius 3 is 2.27 bits per heavy atom. The summed E-state index contributed by atoms with van der Waals surface area (Å²) in [5.41, 5.74) is 4.64. The van der Waals surface area contributed by atoms with Gasteiger partial charge in [0.2, 0.25) is 0 Å². The van der Waals surface area contributed by atoms with Crippen LogP contribution in [-0.2, 0) is 11.2 Å². The Hall–Kier alpha value is -2.86. The zero-order chi connectivity index (χ0) is 18.7. The molecule has 3 rings (SSSR count). The second-order valence-corrected chi connectivity index (χ2v) is 7.63. The molecule has 132 valence electrons. The first kappa shape index (κ1) is 17.9. The number of Topliss-reactive ketones (excluding diaryl/α,β-unsaturated/α-hetero) is 1. The van der Waals surface area contributed by atoms with Gasteiger partial charge in [-0.05, 0) is 53.6 Å². The van der Waals surface area contributed by atoms with Crippen LogP contribution in [0.1, 0.15) is 43.4 Å². The predicted octanol–water partition coefficient (Wildman–Crippen LogP) is 4.95. The molecule has 0 saturated heterocycles. The van der Waals surface area contributed by atoms with Gasteiger partial charge in [0.1, 0.15) is 5.75 Å². The Bertz CT molecular complexity index is 881. The number of hydrogen-bond acceptors (Lipinski definition) is 3. The van der Waals surface area contributed by atoms with Crippen molar-refractivity contribution in [2.24, 2.45) is 5.41 Å². The van der Waals surface area contributed by atoms with E-state index in [1.54, 1.807) is 19.2 Å². The van der Waals surface area contributed by atoms with E-state index in [1.165, 1.54) is 5.57 Å². The zero-order valence-corrected chi connectivity index (χ0v) is 15.5. The van der Waals surface area contributed by atoms with Gasteiger partial charge in [0.15, 0.2) is 5.78 Å². The molecular weight excluding hydrogens is 322 g/mol. The second kappa shape index (κ2) is 7.17. The number of ketones is 1. The van der Waals surface area contributed by atoms with Crippen LogP contribution in [0, 0.1) is 16.7 Å². The number of nitrogens with zero attached hydrogens (tertiary/aromatic N) is 1. The van der Waals surface area contributed by atoms with E-state index in [1.807, 2.05) is 36.4 Å². The number of hydrogen-bond donors (Lipinski definition) is 0. The van der Waals surface area contributed by atoms with Crippen LogP contribution >= 0.6 is 0 Å². The summed E-state index contributed by atoms with van der Waals surface area (Å²) in [7, 11) is 1.66. The van der Waals surface area contributed by atoms with Crippen molar-refractivity contribution < 1.29 is 9.53 Å². The third kappa shape index (κ3) is 3.86. The Morgan fingerprint density at radius 2 is 1.69 bits per heavy atom. The third-order valence-corrected chi connectivity index (χ3v) is 4.84. The Kier molecular flexibility index (Phi) is 4.95. The summed E-state index contributed by atoms with van der Waals surface area (Å²) < 4.78 is 5.23. The number of carbonyl (C=O) groups is 1. The lowest BCUT2D eigenvalue weighted by atomic mass is 9.71. The topological polar surface area (TPSA) is 50.1 Å². The van der Waals surface area contributed by atoms with E-state index < -0.39 is 0 Å². The average molecular weight is 345 g/mol. The lowest BCUT2D eigenvalue weighted by molar-refractivity contribution is -0.116. The SMILES string of the molecule is COc1ccc(CC2=C(c3ccc(C#N)cc3)C(=O)CC(C)(C)C2)cc1. The fourth-order valence-corrected chi connectivity index (χ4v) is 3.67. The molecule has 1 aliphatic carbocycles. The molecule has 26 heavy (non-hydrogen) atoms. The monoisotopic (exact) mass is 345 g/mol. The highest BCUT2D eigenvalue weighted by atomic mass is 16.5. The fraction of sp³-hybridized carbons (Fsp3) is 0.304. The van der Waals surface area contributed by atoms with E-state index >= 15 is 0 Å². The van der Waals surface area contributed by atoms with E-state index in [0.717, 1.165) is 35.3 Å². The van der Waals surface area contributed by atoms with Crippen molar-refractivity contribution in [1.82, 2.24) is 0 Å². The molecular formula is C23H23NO2. The quantitative estimate of drug-likeness (QED) is 0.787. The van der Waals surface area contributed by atoms with Crippen molar-refractivity contribution in [2.75, 3.05) is 7.11 Å². The van der Waals surface area contributed by atoms with Gasteiger partial charge in [0, 0.05) is 12.0 Å². The molecule has 0 N–H and O–H groups in total. The van der Waals surface area contributed by atoms with Crippen LogP contribution in [-0.4, -0.2) is 12.9 Å². The van der Waals surface area contributed by atoms with Crippen LogP contribution in [0.25, 0.3) is 5.57 Å². The number of nitriles is 1. The Labute approximate surface area is 154 Å². The lowest BCUT2D eigenvalue weighted by Gasteiger charge is -2.32. The molecule has 0 unspecified atom stereocenters. The maximum atomic E-state index is 12.9. The smallest absolute Gasteiger partial charge is 0.163 e. The molecule has 0 aromatic heterocycles. The maximum absolute atomic E-state index is 12.9. The van der Waals surface area contributed by atoms with Gasteiger partial charge in [0.05, 0.1) is 18.7 Å². The summed E-state index contributed by atoms with van der Waals surface area (Å²) in [5.74, 6) is 1.02. The second-order valence-electron chi connectivity index (χ2n) is 7.63. The fourth-order valence-electron chi connectivity index (χ4n) is 3.67. The lowest BCUT2D eigenvalue weighted by Crippen LogP contribution is -2.26. The van der Waals surface area contributed by atoms with Crippen LogP contribution in [0.2, 0.25) is 0 Å². The molecule has 0 heterocycles. The first-order valence-corrected chi connectivity index (χ1v) is 8.80. The molecule has 0 aliphatic heterocycles. The van der Waals surface area contributed by atoms with Crippen molar-refractivity contribution in [1.29, 1.82) is 5.26 Å². The van der Waals surface area contributed by atoms with E-state index in [9.17, 15) is 4.79 Å². The number of ether oxygens (including phenoxy) is 1. The average Bonchev–Trinajstić information content (AvgIpc) is 2.61.